The predicted molar refractivity (Wildman–Crippen MR) is 57.2 cm³/mol. The van der Waals surface area contributed by atoms with E-state index in [1.165, 1.54) is 11.1 Å². The second-order valence-electron chi connectivity index (χ2n) is 2.30. The van der Waals surface area contributed by atoms with Gasteiger partial charge in [0.25, 0.3) is 0 Å². The zero-order valence-corrected chi connectivity index (χ0v) is 7.72. The summed E-state index contributed by atoms with van der Waals surface area (Å²) in [5, 5.41) is 0. The first-order chi connectivity index (χ1) is 5.86. The van der Waals surface area contributed by atoms with Crippen LogP contribution in [0.2, 0.25) is 0 Å². The first-order valence-corrected chi connectivity index (χ1v) is 4.08. The monoisotopic (exact) mass is 160 g/mol. The summed E-state index contributed by atoms with van der Waals surface area (Å²) in [6.07, 6.45) is 2.97. The van der Waals surface area contributed by atoms with Gasteiger partial charge < -0.3 is 0 Å². The van der Waals surface area contributed by atoms with E-state index in [-0.39, 0.29) is 0 Å². The van der Waals surface area contributed by atoms with Gasteiger partial charge in [0.05, 0.1) is 0 Å². The van der Waals surface area contributed by atoms with Gasteiger partial charge in [-0.15, -0.1) is 13.2 Å². The molecule has 0 spiro atoms. The smallest absolute Gasteiger partial charge is 0.0262 e. The Morgan fingerprint density at radius 3 is 2.00 bits per heavy atom. The van der Waals surface area contributed by atoms with Crippen LogP contribution in [0, 0.1) is 0 Å². The maximum atomic E-state index is 3.69. The minimum Gasteiger partial charge on any atom is -0.106 e. The molecule has 0 aromatic heterocycles. The van der Waals surface area contributed by atoms with Gasteiger partial charge in [0, 0.05) is 0 Å². The van der Waals surface area contributed by atoms with Gasteiger partial charge in [-0.05, 0) is 17.5 Å². The Kier molecular flexibility index (Phi) is 5.72. The molecule has 0 saturated carbocycles. The van der Waals surface area contributed by atoms with Crippen LogP contribution in [0.4, 0.5) is 0 Å². The van der Waals surface area contributed by atoms with Crippen molar-refractivity contribution >= 4 is 6.08 Å². The molecule has 12 heavy (non-hydrogen) atoms. The van der Waals surface area contributed by atoms with E-state index in [2.05, 4.69) is 50.9 Å². The van der Waals surface area contributed by atoms with Gasteiger partial charge in [-0.3, -0.25) is 0 Å². The lowest BCUT2D eigenvalue weighted by molar-refractivity contribution is 1.14. The summed E-state index contributed by atoms with van der Waals surface area (Å²) in [5.41, 5.74) is 2.57. The van der Waals surface area contributed by atoms with Gasteiger partial charge in [-0.25, -0.2) is 0 Å². The van der Waals surface area contributed by atoms with Gasteiger partial charge in [0.1, 0.15) is 0 Å². The third kappa shape index (κ3) is 3.20. The fraction of sp³-hybridized carbons (Fsp3) is 0.167. The fourth-order valence-corrected chi connectivity index (χ4v) is 0.889. The third-order valence-corrected chi connectivity index (χ3v) is 1.62. The molecule has 1 aromatic carbocycles. The van der Waals surface area contributed by atoms with Crippen LogP contribution in [0.3, 0.4) is 0 Å². The van der Waals surface area contributed by atoms with Crippen molar-refractivity contribution < 1.29 is 0 Å². The van der Waals surface area contributed by atoms with Crippen molar-refractivity contribution in [3.05, 3.63) is 55.1 Å². The molecule has 0 aliphatic rings. The Morgan fingerprint density at radius 1 is 1.17 bits per heavy atom. The van der Waals surface area contributed by atoms with E-state index in [4.69, 9.17) is 0 Å². The van der Waals surface area contributed by atoms with E-state index < -0.39 is 0 Å². The van der Waals surface area contributed by atoms with Crippen molar-refractivity contribution in [2.24, 2.45) is 0 Å². The van der Waals surface area contributed by atoms with Crippen molar-refractivity contribution in [3.8, 4) is 0 Å². The maximum absolute atomic E-state index is 3.69. The third-order valence-electron chi connectivity index (χ3n) is 1.62. The lowest BCUT2D eigenvalue weighted by Gasteiger charge is -1.95. The number of hydrogen-bond acceptors (Lipinski definition) is 0. The highest BCUT2D eigenvalue weighted by atomic mass is 13.9. The van der Waals surface area contributed by atoms with Gasteiger partial charge in [0.15, 0.2) is 0 Å². The topological polar surface area (TPSA) is 0 Å². The first-order valence-electron chi connectivity index (χ1n) is 4.08. The van der Waals surface area contributed by atoms with E-state index >= 15 is 0 Å². The molecule has 0 radical (unpaired) electrons. The summed E-state index contributed by atoms with van der Waals surface area (Å²) in [6.45, 7) is 11.8. The first kappa shape index (κ1) is 10.7. The molecule has 0 bridgehead atoms. The van der Waals surface area contributed by atoms with Crippen LogP contribution in [0.25, 0.3) is 6.08 Å². The van der Waals surface area contributed by atoms with Crippen molar-refractivity contribution in [2.45, 2.75) is 13.3 Å². The molecule has 64 valence electrons. The standard InChI is InChI=1S/C10H12.C2H4/c1-3-9-5-7-10(4-2)8-6-9;1-2/h3,5-8H,1,4H2,2H3;1-2H2. The Bertz CT molecular complexity index is 218. The van der Waals surface area contributed by atoms with Crippen LogP contribution in [0.5, 0.6) is 0 Å². The molecule has 0 heterocycles. The molecular weight excluding hydrogens is 144 g/mol. The molecule has 0 fully saturated rings. The number of aryl methyl sites for hydroxylation is 1. The fourth-order valence-electron chi connectivity index (χ4n) is 0.889. The van der Waals surface area contributed by atoms with Gasteiger partial charge in [-0.2, -0.15) is 0 Å². The molecule has 0 amide bonds. The van der Waals surface area contributed by atoms with Crippen molar-refractivity contribution in [1.82, 2.24) is 0 Å². The quantitative estimate of drug-likeness (QED) is 0.579. The van der Waals surface area contributed by atoms with Crippen molar-refractivity contribution in [3.63, 3.8) is 0 Å². The van der Waals surface area contributed by atoms with Gasteiger partial charge in [-0.1, -0.05) is 43.8 Å². The minimum atomic E-state index is 1.11. The Morgan fingerprint density at radius 2 is 1.67 bits per heavy atom. The predicted octanol–water partition coefficient (Wildman–Crippen LogP) is 3.69. The Labute approximate surface area is 75.2 Å². The summed E-state index contributed by atoms with van der Waals surface area (Å²) in [6, 6.07) is 8.45. The Hall–Kier alpha value is -1.30. The highest BCUT2D eigenvalue weighted by Crippen LogP contribution is 2.05. The van der Waals surface area contributed by atoms with Crippen molar-refractivity contribution in [2.75, 3.05) is 0 Å². The molecule has 1 rings (SSSR count). The average molecular weight is 160 g/mol. The van der Waals surface area contributed by atoms with Crippen LogP contribution >= 0.6 is 0 Å². The largest absolute Gasteiger partial charge is 0.106 e. The van der Waals surface area contributed by atoms with Crippen LogP contribution in [0.15, 0.2) is 44.0 Å². The lowest BCUT2D eigenvalue weighted by atomic mass is 10.1. The summed E-state index contributed by atoms with van der Waals surface area (Å²) >= 11 is 0. The average Bonchev–Trinajstić information content (AvgIpc) is 2.21. The maximum Gasteiger partial charge on any atom is -0.0262 e. The SMILES string of the molecule is C=C.C=Cc1ccc(CC)cc1. The zero-order valence-electron chi connectivity index (χ0n) is 7.72. The zero-order chi connectivity index (χ0) is 9.40. The molecule has 0 saturated heterocycles. The van der Waals surface area contributed by atoms with E-state index in [0.717, 1.165) is 6.42 Å². The molecule has 0 aliphatic carbocycles. The number of hydrogen-bond donors (Lipinski definition) is 0. The van der Waals surface area contributed by atoms with E-state index in [1.54, 1.807) is 0 Å². The summed E-state index contributed by atoms with van der Waals surface area (Å²) < 4.78 is 0. The summed E-state index contributed by atoms with van der Waals surface area (Å²) in [5.74, 6) is 0. The lowest BCUT2D eigenvalue weighted by Crippen LogP contribution is -1.78. The molecule has 0 atom stereocenters. The number of benzene rings is 1. The van der Waals surface area contributed by atoms with Crippen LogP contribution in [-0.2, 0) is 6.42 Å². The summed E-state index contributed by atoms with van der Waals surface area (Å²) in [4.78, 5) is 0. The van der Waals surface area contributed by atoms with Crippen LogP contribution in [0.1, 0.15) is 18.1 Å². The van der Waals surface area contributed by atoms with E-state index in [0.29, 0.717) is 0 Å². The highest BCUT2D eigenvalue weighted by molar-refractivity contribution is 5.47. The number of rotatable bonds is 2. The van der Waals surface area contributed by atoms with E-state index in [9.17, 15) is 0 Å². The second kappa shape index (κ2) is 6.41. The molecule has 0 heteroatoms. The van der Waals surface area contributed by atoms with Gasteiger partial charge >= 0.3 is 0 Å². The summed E-state index contributed by atoms with van der Waals surface area (Å²) in [7, 11) is 0. The molecule has 1 aromatic rings. The molecule has 0 aliphatic heterocycles. The normalized spacial score (nSPS) is 8.08. The van der Waals surface area contributed by atoms with E-state index in [1.807, 2.05) is 6.08 Å². The highest BCUT2D eigenvalue weighted by Gasteiger charge is 1.86. The molecule has 0 N–H and O–H groups in total. The van der Waals surface area contributed by atoms with Crippen LogP contribution in [-0.4, -0.2) is 0 Å². The second-order valence-corrected chi connectivity index (χ2v) is 2.30. The molecule has 0 nitrogen and oxygen atoms in total. The Balaban J connectivity index is 0.000000561. The molecule has 0 unspecified atom stereocenters. The van der Waals surface area contributed by atoms with Crippen LogP contribution < -0.4 is 0 Å². The molecular formula is C12H16. The van der Waals surface area contributed by atoms with Crippen molar-refractivity contribution in [1.29, 1.82) is 0 Å². The van der Waals surface area contributed by atoms with Gasteiger partial charge in [0.2, 0.25) is 0 Å². The minimum absolute atomic E-state index is 1.11.